The van der Waals surface area contributed by atoms with Crippen molar-refractivity contribution in [1.82, 2.24) is 4.90 Å². The van der Waals surface area contributed by atoms with Crippen molar-refractivity contribution < 1.29 is 22.7 Å². The van der Waals surface area contributed by atoms with Gasteiger partial charge in [-0.15, -0.1) is 0 Å². The first-order chi connectivity index (χ1) is 12.3. The van der Waals surface area contributed by atoms with Gasteiger partial charge in [-0.05, 0) is 42.0 Å². The Labute approximate surface area is 151 Å². The molecule has 0 saturated carbocycles. The van der Waals surface area contributed by atoms with E-state index in [1.54, 1.807) is 7.05 Å². The molecule has 1 aliphatic rings. The zero-order valence-corrected chi connectivity index (χ0v) is 15.0. The van der Waals surface area contributed by atoms with E-state index in [-0.39, 0.29) is 10.9 Å². The zero-order chi connectivity index (χ0) is 18.7. The molecule has 2 aromatic rings. The molecule has 2 aromatic carbocycles. The molecule has 26 heavy (non-hydrogen) atoms. The third-order valence-electron chi connectivity index (χ3n) is 3.81. The summed E-state index contributed by atoms with van der Waals surface area (Å²) in [6, 6.07) is 10.9. The van der Waals surface area contributed by atoms with E-state index in [0.717, 1.165) is 5.56 Å². The number of anilines is 1. The van der Waals surface area contributed by atoms with Gasteiger partial charge in [0.05, 0.1) is 4.90 Å². The summed E-state index contributed by atoms with van der Waals surface area (Å²) < 4.78 is 33.5. The van der Waals surface area contributed by atoms with Crippen molar-refractivity contribution in [2.75, 3.05) is 25.6 Å². The summed E-state index contributed by atoms with van der Waals surface area (Å²) in [5.41, 5.74) is 1.37. The molecule has 0 fully saturated rings. The highest BCUT2D eigenvalue weighted by Gasteiger charge is 2.15. The number of hydrogen-bond donors (Lipinski definition) is 2. The van der Waals surface area contributed by atoms with Crippen LogP contribution >= 0.6 is 0 Å². The van der Waals surface area contributed by atoms with Gasteiger partial charge in [0.25, 0.3) is 0 Å². The average molecular weight is 377 g/mol. The largest absolute Gasteiger partial charge is 0.486 e. The molecule has 9 heteroatoms. The lowest BCUT2D eigenvalue weighted by Gasteiger charge is -2.21. The maximum Gasteiger partial charge on any atom is 0.321 e. The van der Waals surface area contributed by atoms with Crippen molar-refractivity contribution >= 4 is 21.7 Å². The second-order valence-corrected chi connectivity index (χ2v) is 7.40. The van der Waals surface area contributed by atoms with E-state index >= 15 is 0 Å². The third kappa shape index (κ3) is 4.24. The number of nitrogens with two attached hydrogens (primary N) is 1. The number of hydrogen-bond acceptors (Lipinski definition) is 5. The average Bonchev–Trinajstić information content (AvgIpc) is 2.61. The Balaban J connectivity index is 1.63. The minimum absolute atomic E-state index is 0.0138. The Hall–Kier alpha value is -2.78. The predicted molar refractivity (Wildman–Crippen MR) is 95.7 cm³/mol. The van der Waals surface area contributed by atoms with Crippen LogP contribution in [0.1, 0.15) is 5.56 Å². The number of carbonyl (C=O) groups excluding carboxylic acids is 1. The maximum atomic E-state index is 12.3. The number of amides is 2. The van der Waals surface area contributed by atoms with Crippen LogP contribution in [0, 0.1) is 0 Å². The molecule has 138 valence electrons. The molecule has 0 spiro atoms. The molecule has 1 heterocycles. The van der Waals surface area contributed by atoms with E-state index in [4.69, 9.17) is 14.6 Å². The first-order valence-corrected chi connectivity index (χ1v) is 9.41. The maximum absolute atomic E-state index is 12.3. The van der Waals surface area contributed by atoms with Gasteiger partial charge in [-0.2, -0.15) is 0 Å². The second-order valence-electron chi connectivity index (χ2n) is 5.83. The molecule has 2 amide bonds. The number of benzene rings is 2. The number of fused-ring (bicyclic) bond motifs is 1. The minimum atomic E-state index is -3.76. The monoisotopic (exact) mass is 377 g/mol. The lowest BCUT2D eigenvalue weighted by molar-refractivity contribution is 0.171. The van der Waals surface area contributed by atoms with Crippen LogP contribution < -0.4 is 19.9 Å². The quantitative estimate of drug-likeness (QED) is 0.844. The van der Waals surface area contributed by atoms with E-state index in [1.807, 2.05) is 18.2 Å². The lowest BCUT2D eigenvalue weighted by Crippen LogP contribution is -2.30. The summed E-state index contributed by atoms with van der Waals surface area (Å²) in [4.78, 5) is 13.8. The molecule has 3 N–H and O–H groups in total. The molecule has 3 rings (SSSR count). The van der Waals surface area contributed by atoms with Gasteiger partial charge >= 0.3 is 6.03 Å². The molecule has 0 aromatic heterocycles. The van der Waals surface area contributed by atoms with E-state index in [1.165, 1.54) is 29.2 Å². The van der Waals surface area contributed by atoms with Crippen LogP contribution in [0.2, 0.25) is 0 Å². The van der Waals surface area contributed by atoms with Crippen LogP contribution in [0.25, 0.3) is 0 Å². The van der Waals surface area contributed by atoms with Crippen molar-refractivity contribution in [2.24, 2.45) is 5.14 Å². The topological polar surface area (TPSA) is 111 Å². The number of ether oxygens (including phenoxy) is 2. The van der Waals surface area contributed by atoms with E-state index in [9.17, 15) is 13.2 Å². The van der Waals surface area contributed by atoms with Crippen LogP contribution in [0.4, 0.5) is 10.5 Å². The second kappa shape index (κ2) is 7.22. The van der Waals surface area contributed by atoms with Crippen LogP contribution in [0.3, 0.4) is 0 Å². The van der Waals surface area contributed by atoms with Gasteiger partial charge in [0.15, 0.2) is 11.5 Å². The lowest BCUT2D eigenvalue weighted by atomic mass is 10.2. The van der Waals surface area contributed by atoms with Crippen LogP contribution in [0.15, 0.2) is 47.4 Å². The molecular weight excluding hydrogens is 358 g/mol. The van der Waals surface area contributed by atoms with Crippen molar-refractivity contribution in [3.05, 3.63) is 48.0 Å². The van der Waals surface area contributed by atoms with Crippen LogP contribution in [0.5, 0.6) is 11.5 Å². The minimum Gasteiger partial charge on any atom is -0.486 e. The Kier molecular flexibility index (Phi) is 5.01. The normalized spacial score (nSPS) is 13.2. The van der Waals surface area contributed by atoms with Gasteiger partial charge < -0.3 is 19.7 Å². The van der Waals surface area contributed by atoms with E-state index < -0.39 is 10.0 Å². The number of urea groups is 1. The van der Waals surface area contributed by atoms with Gasteiger partial charge in [0.1, 0.15) is 13.2 Å². The molecule has 1 aliphatic heterocycles. The zero-order valence-electron chi connectivity index (χ0n) is 14.1. The molecule has 0 unspecified atom stereocenters. The van der Waals surface area contributed by atoms with E-state index in [2.05, 4.69) is 5.32 Å². The van der Waals surface area contributed by atoms with Gasteiger partial charge in [-0.25, -0.2) is 18.4 Å². The number of carbonyl (C=O) groups is 1. The standard InChI is InChI=1S/C17H19N3O5S/c1-20(11-12-2-7-15-16(10-12)25-9-8-24-15)17(21)19-13-3-5-14(6-4-13)26(18,22)23/h2-7,10H,8-9,11H2,1H3,(H,19,21)(H2,18,22,23). The van der Waals surface area contributed by atoms with Crippen molar-refractivity contribution in [3.63, 3.8) is 0 Å². The summed E-state index contributed by atoms with van der Waals surface area (Å²) in [6.45, 7) is 1.40. The van der Waals surface area contributed by atoms with Crippen LogP contribution in [-0.2, 0) is 16.6 Å². The highest BCUT2D eigenvalue weighted by Crippen LogP contribution is 2.31. The molecule has 8 nitrogen and oxygen atoms in total. The van der Waals surface area contributed by atoms with Crippen molar-refractivity contribution in [3.8, 4) is 11.5 Å². The third-order valence-corrected chi connectivity index (χ3v) is 4.74. The first kappa shape index (κ1) is 18.0. The summed E-state index contributed by atoms with van der Waals surface area (Å²) >= 11 is 0. The van der Waals surface area contributed by atoms with Gasteiger partial charge in [-0.3, -0.25) is 0 Å². The Morgan fingerprint density at radius 1 is 1.12 bits per heavy atom. The van der Waals surface area contributed by atoms with Crippen molar-refractivity contribution in [1.29, 1.82) is 0 Å². The number of rotatable bonds is 4. The van der Waals surface area contributed by atoms with Crippen LogP contribution in [-0.4, -0.2) is 39.6 Å². The molecule has 0 atom stereocenters. The van der Waals surface area contributed by atoms with E-state index in [0.29, 0.717) is 36.9 Å². The van der Waals surface area contributed by atoms with Gasteiger partial charge in [0, 0.05) is 19.3 Å². The molecular formula is C17H19N3O5S. The van der Waals surface area contributed by atoms with Crippen molar-refractivity contribution in [2.45, 2.75) is 11.4 Å². The Bertz CT molecular complexity index is 912. The Morgan fingerprint density at radius 2 is 1.77 bits per heavy atom. The van der Waals surface area contributed by atoms with Gasteiger partial charge in [0.2, 0.25) is 10.0 Å². The summed E-state index contributed by atoms with van der Waals surface area (Å²) in [5.74, 6) is 1.36. The fraction of sp³-hybridized carbons (Fsp3) is 0.235. The summed E-state index contributed by atoms with van der Waals surface area (Å²) in [6.07, 6.45) is 0. The number of primary sulfonamides is 1. The summed E-state index contributed by atoms with van der Waals surface area (Å²) in [7, 11) is -2.10. The highest BCUT2D eigenvalue weighted by molar-refractivity contribution is 7.89. The Morgan fingerprint density at radius 3 is 2.42 bits per heavy atom. The summed E-state index contributed by atoms with van der Waals surface area (Å²) in [5, 5.41) is 7.75. The predicted octanol–water partition coefficient (Wildman–Crippen LogP) is 1.77. The molecule has 0 aliphatic carbocycles. The molecule has 0 bridgehead atoms. The number of nitrogens with one attached hydrogen (secondary N) is 1. The fourth-order valence-electron chi connectivity index (χ4n) is 2.48. The number of nitrogens with zero attached hydrogens (tertiary/aromatic N) is 1. The van der Waals surface area contributed by atoms with Gasteiger partial charge in [-0.1, -0.05) is 6.07 Å². The number of sulfonamides is 1. The molecule has 0 saturated heterocycles. The highest BCUT2D eigenvalue weighted by atomic mass is 32.2. The fourth-order valence-corrected chi connectivity index (χ4v) is 2.99. The molecule has 0 radical (unpaired) electrons. The smallest absolute Gasteiger partial charge is 0.321 e. The SMILES string of the molecule is CN(Cc1ccc2c(c1)OCCO2)C(=O)Nc1ccc(S(N)(=O)=O)cc1. The first-order valence-electron chi connectivity index (χ1n) is 7.86.